The second-order valence-corrected chi connectivity index (χ2v) is 4.80. The quantitative estimate of drug-likeness (QED) is 0.844. The van der Waals surface area contributed by atoms with E-state index in [0.29, 0.717) is 11.8 Å². The lowest BCUT2D eigenvalue weighted by atomic mass is 10.1. The maximum absolute atomic E-state index is 5.90. The highest BCUT2D eigenvalue weighted by molar-refractivity contribution is 6.30. The Morgan fingerprint density at radius 3 is 2.79 bits per heavy atom. The molecule has 0 aliphatic heterocycles. The first-order valence-electron chi connectivity index (χ1n) is 6.12. The highest BCUT2D eigenvalue weighted by Gasteiger charge is 2.00. The molecule has 0 unspecified atom stereocenters. The minimum atomic E-state index is 0.549. The van der Waals surface area contributed by atoms with Crippen molar-refractivity contribution in [2.75, 3.05) is 12.4 Å². The first kappa shape index (κ1) is 13.8. The zero-order valence-corrected chi connectivity index (χ0v) is 11.9. The molecule has 0 bridgehead atoms. The molecule has 2 rings (SSSR count). The molecule has 19 heavy (non-hydrogen) atoms. The Hall–Kier alpha value is -1.58. The summed E-state index contributed by atoms with van der Waals surface area (Å²) in [5.41, 5.74) is 4.33. The molecule has 0 aliphatic rings. The van der Waals surface area contributed by atoms with Crippen molar-refractivity contribution in [3.05, 3.63) is 58.4 Å². The van der Waals surface area contributed by atoms with Crippen LogP contribution < -0.4 is 5.32 Å². The van der Waals surface area contributed by atoms with Gasteiger partial charge in [-0.15, -0.1) is 0 Å². The fourth-order valence-corrected chi connectivity index (χ4v) is 1.96. The largest absolute Gasteiger partial charge is 0.380 e. The summed E-state index contributed by atoms with van der Waals surface area (Å²) >= 11 is 5.90. The summed E-state index contributed by atoms with van der Waals surface area (Å²) in [4.78, 5) is 4.12. The predicted molar refractivity (Wildman–Crippen MR) is 78.5 cm³/mol. The van der Waals surface area contributed by atoms with E-state index in [1.54, 1.807) is 13.3 Å². The minimum Gasteiger partial charge on any atom is -0.380 e. The normalized spacial score (nSPS) is 10.5. The molecule has 100 valence electrons. The van der Waals surface area contributed by atoms with Gasteiger partial charge in [0, 0.05) is 13.7 Å². The molecule has 0 radical (unpaired) electrons. The van der Waals surface area contributed by atoms with Crippen LogP contribution in [-0.2, 0) is 17.9 Å². The molecule has 0 aliphatic carbocycles. The average molecular weight is 277 g/mol. The van der Waals surface area contributed by atoms with Crippen LogP contribution in [0.25, 0.3) is 0 Å². The van der Waals surface area contributed by atoms with Gasteiger partial charge in [0.2, 0.25) is 0 Å². The number of hydrogen-bond donors (Lipinski definition) is 1. The highest BCUT2D eigenvalue weighted by Crippen LogP contribution is 2.17. The molecular weight excluding hydrogens is 260 g/mol. The van der Waals surface area contributed by atoms with Gasteiger partial charge in [-0.1, -0.05) is 35.9 Å². The molecule has 1 aromatic carbocycles. The van der Waals surface area contributed by atoms with Gasteiger partial charge in [0.05, 0.1) is 18.5 Å². The van der Waals surface area contributed by atoms with Gasteiger partial charge in [-0.25, -0.2) is 4.98 Å². The lowest BCUT2D eigenvalue weighted by Crippen LogP contribution is -2.01. The third kappa shape index (κ3) is 3.94. The Labute approximate surface area is 118 Å². The smallest absolute Gasteiger partial charge is 0.132 e. The van der Waals surface area contributed by atoms with E-state index >= 15 is 0 Å². The van der Waals surface area contributed by atoms with Crippen LogP contribution in [-0.4, -0.2) is 12.1 Å². The maximum atomic E-state index is 5.90. The van der Waals surface area contributed by atoms with Crippen LogP contribution in [0.5, 0.6) is 0 Å². The van der Waals surface area contributed by atoms with E-state index in [1.165, 1.54) is 11.1 Å². The average Bonchev–Trinajstić information content (AvgIpc) is 2.41. The third-order valence-corrected chi connectivity index (χ3v) is 3.21. The van der Waals surface area contributed by atoms with Crippen molar-refractivity contribution in [2.24, 2.45) is 0 Å². The van der Waals surface area contributed by atoms with Crippen LogP contribution in [0, 0.1) is 6.92 Å². The Bertz CT molecular complexity index is 558. The lowest BCUT2D eigenvalue weighted by Gasteiger charge is -2.09. The fraction of sp³-hybridized carbons (Fsp3) is 0.267. The summed E-state index contributed by atoms with van der Waals surface area (Å²) in [5.74, 6) is 0. The zero-order chi connectivity index (χ0) is 13.7. The minimum absolute atomic E-state index is 0.549. The van der Waals surface area contributed by atoms with E-state index in [0.717, 1.165) is 17.8 Å². The van der Waals surface area contributed by atoms with Crippen LogP contribution in [0.4, 0.5) is 5.69 Å². The number of anilines is 1. The molecule has 1 heterocycles. The Balaban J connectivity index is 2.01. The Kier molecular flexibility index (Phi) is 4.77. The van der Waals surface area contributed by atoms with Gasteiger partial charge in [-0.2, -0.15) is 0 Å². The number of rotatable bonds is 5. The first-order valence-corrected chi connectivity index (χ1v) is 6.49. The van der Waals surface area contributed by atoms with E-state index in [9.17, 15) is 0 Å². The van der Waals surface area contributed by atoms with E-state index in [-0.39, 0.29) is 0 Å². The number of ether oxygens (including phenoxy) is 1. The number of aryl methyl sites for hydroxylation is 1. The van der Waals surface area contributed by atoms with Crippen molar-refractivity contribution in [1.29, 1.82) is 0 Å². The Morgan fingerprint density at radius 2 is 2.05 bits per heavy atom. The lowest BCUT2D eigenvalue weighted by molar-refractivity contribution is 0.185. The van der Waals surface area contributed by atoms with E-state index < -0.39 is 0 Å². The number of methoxy groups -OCH3 is 1. The fourth-order valence-electron chi connectivity index (χ4n) is 1.85. The Morgan fingerprint density at radius 1 is 1.26 bits per heavy atom. The van der Waals surface area contributed by atoms with Crippen LogP contribution in [0.3, 0.4) is 0 Å². The number of halogens is 1. The highest BCUT2D eigenvalue weighted by atomic mass is 35.5. The van der Waals surface area contributed by atoms with Gasteiger partial charge in [0.1, 0.15) is 5.15 Å². The van der Waals surface area contributed by atoms with E-state index in [4.69, 9.17) is 16.3 Å². The van der Waals surface area contributed by atoms with Crippen molar-refractivity contribution >= 4 is 17.3 Å². The monoisotopic (exact) mass is 276 g/mol. The number of pyridine rings is 1. The van der Waals surface area contributed by atoms with E-state index in [1.807, 2.05) is 19.1 Å². The summed E-state index contributed by atoms with van der Waals surface area (Å²) in [5, 5.41) is 3.89. The zero-order valence-electron chi connectivity index (χ0n) is 11.1. The van der Waals surface area contributed by atoms with Crippen molar-refractivity contribution in [3.8, 4) is 0 Å². The summed E-state index contributed by atoms with van der Waals surface area (Å²) in [6.07, 6.45) is 1.74. The van der Waals surface area contributed by atoms with E-state index in [2.05, 4.69) is 28.5 Å². The molecule has 0 saturated heterocycles. The number of hydrogen-bond acceptors (Lipinski definition) is 3. The molecule has 4 heteroatoms. The second kappa shape index (κ2) is 6.55. The van der Waals surface area contributed by atoms with Gasteiger partial charge < -0.3 is 10.1 Å². The summed E-state index contributed by atoms with van der Waals surface area (Å²) in [7, 11) is 1.70. The van der Waals surface area contributed by atoms with Crippen molar-refractivity contribution < 1.29 is 4.74 Å². The summed E-state index contributed by atoms with van der Waals surface area (Å²) in [6, 6.07) is 10.3. The molecule has 3 nitrogen and oxygen atoms in total. The van der Waals surface area contributed by atoms with Crippen molar-refractivity contribution in [3.63, 3.8) is 0 Å². The van der Waals surface area contributed by atoms with Gasteiger partial charge in [0.25, 0.3) is 0 Å². The third-order valence-electron chi connectivity index (χ3n) is 2.81. The molecule has 0 saturated carbocycles. The predicted octanol–water partition coefficient (Wildman–Crippen LogP) is 3.80. The molecule has 1 aromatic heterocycles. The van der Waals surface area contributed by atoms with Crippen LogP contribution in [0.15, 0.2) is 36.5 Å². The number of nitrogens with zero attached hydrogens (tertiary/aromatic N) is 1. The number of benzene rings is 1. The van der Waals surface area contributed by atoms with Crippen LogP contribution >= 0.6 is 11.6 Å². The van der Waals surface area contributed by atoms with Crippen molar-refractivity contribution in [1.82, 2.24) is 4.98 Å². The number of nitrogens with one attached hydrogen (secondary N) is 1. The molecule has 0 fully saturated rings. The summed E-state index contributed by atoms with van der Waals surface area (Å²) in [6.45, 7) is 3.33. The molecule has 0 spiro atoms. The molecule has 2 aromatic rings. The van der Waals surface area contributed by atoms with Crippen LogP contribution in [0.1, 0.15) is 16.7 Å². The molecule has 1 N–H and O–H groups in total. The SMILES string of the molecule is COCc1cccc(CNc2cnc(Cl)c(C)c2)c1. The van der Waals surface area contributed by atoms with Crippen LogP contribution in [0.2, 0.25) is 5.15 Å². The standard InChI is InChI=1S/C15H17ClN2O/c1-11-6-14(9-18-15(11)16)17-8-12-4-3-5-13(7-12)10-19-2/h3-7,9,17H,8,10H2,1-2H3. The first-order chi connectivity index (χ1) is 9.19. The topological polar surface area (TPSA) is 34.1 Å². The summed E-state index contributed by atoms with van der Waals surface area (Å²) < 4.78 is 5.13. The molecule has 0 atom stereocenters. The van der Waals surface area contributed by atoms with Gasteiger partial charge in [0.15, 0.2) is 0 Å². The maximum Gasteiger partial charge on any atom is 0.132 e. The van der Waals surface area contributed by atoms with Gasteiger partial charge >= 0.3 is 0 Å². The molecule has 0 amide bonds. The van der Waals surface area contributed by atoms with Gasteiger partial charge in [-0.05, 0) is 29.7 Å². The number of aromatic nitrogens is 1. The van der Waals surface area contributed by atoms with Crippen molar-refractivity contribution in [2.45, 2.75) is 20.1 Å². The molecular formula is C15H17ClN2O. The van der Waals surface area contributed by atoms with Gasteiger partial charge in [-0.3, -0.25) is 0 Å². The second-order valence-electron chi connectivity index (χ2n) is 4.44.